The average molecular weight is 343 g/mol. The van der Waals surface area contributed by atoms with Gasteiger partial charge in [0.15, 0.2) is 5.60 Å². The van der Waals surface area contributed by atoms with Gasteiger partial charge in [-0.05, 0) is 37.6 Å². The normalized spacial score (nSPS) is 16.6. The maximum absolute atomic E-state index is 12.7. The van der Waals surface area contributed by atoms with Crippen molar-refractivity contribution >= 4 is 11.6 Å². The molecule has 1 aromatic carbocycles. The van der Waals surface area contributed by atoms with E-state index in [-0.39, 0.29) is 5.91 Å². The number of benzene rings is 1. The molecule has 0 atom stereocenters. The summed E-state index contributed by atoms with van der Waals surface area (Å²) in [7, 11) is 1.59. The third-order valence-corrected chi connectivity index (χ3v) is 4.73. The molecule has 1 fully saturated rings. The number of carbonyl (C=O) groups excluding carboxylic acids is 1. The lowest BCUT2D eigenvalue weighted by atomic mass is 9.93. The fraction of sp³-hybridized carbons (Fsp3) is 0.474. The van der Waals surface area contributed by atoms with E-state index in [9.17, 15) is 4.79 Å². The summed E-state index contributed by atoms with van der Waals surface area (Å²) < 4.78 is 12.9. The molecule has 0 bridgehead atoms. The maximum atomic E-state index is 12.7. The Labute approximate surface area is 148 Å². The molecule has 1 aliphatic rings. The van der Waals surface area contributed by atoms with Crippen molar-refractivity contribution in [3.8, 4) is 0 Å². The Morgan fingerprint density at radius 1 is 1.32 bits per heavy atom. The molecule has 1 N–H and O–H groups in total. The highest BCUT2D eigenvalue weighted by Gasteiger charge is 2.40. The smallest absolute Gasteiger partial charge is 0.256 e. The number of methoxy groups -OCH3 is 1. The van der Waals surface area contributed by atoms with Crippen LogP contribution >= 0.6 is 0 Å². The second-order valence-electron chi connectivity index (χ2n) is 6.55. The highest BCUT2D eigenvalue weighted by atomic mass is 16.5. The fourth-order valence-corrected chi connectivity index (χ4v) is 3.23. The number of nitrogens with one attached hydrogen (secondary N) is 1. The van der Waals surface area contributed by atoms with Crippen molar-refractivity contribution < 1.29 is 14.3 Å². The summed E-state index contributed by atoms with van der Waals surface area (Å²) in [4.78, 5) is 12.7. The molecule has 25 heavy (non-hydrogen) atoms. The van der Waals surface area contributed by atoms with Crippen LogP contribution < -0.4 is 5.32 Å². The quantitative estimate of drug-likeness (QED) is 0.906. The van der Waals surface area contributed by atoms with E-state index in [2.05, 4.69) is 16.5 Å². The molecule has 6 heteroatoms. The van der Waals surface area contributed by atoms with Crippen molar-refractivity contribution in [1.29, 1.82) is 0 Å². The van der Waals surface area contributed by atoms with Gasteiger partial charge in [-0.15, -0.1) is 0 Å². The van der Waals surface area contributed by atoms with E-state index in [1.807, 2.05) is 42.8 Å². The number of hydrogen-bond donors (Lipinski definition) is 1. The summed E-state index contributed by atoms with van der Waals surface area (Å²) in [5.74, 6) is -0.110. The number of aromatic nitrogens is 2. The molecule has 6 nitrogen and oxygen atoms in total. The van der Waals surface area contributed by atoms with Crippen LogP contribution in [-0.4, -0.2) is 41.6 Å². The van der Waals surface area contributed by atoms with Crippen molar-refractivity contribution in [2.75, 3.05) is 25.6 Å². The van der Waals surface area contributed by atoms with Crippen molar-refractivity contribution in [1.82, 2.24) is 9.78 Å². The number of anilines is 1. The van der Waals surface area contributed by atoms with Crippen LogP contribution in [-0.2, 0) is 20.8 Å². The Bertz CT molecular complexity index is 748. The monoisotopic (exact) mass is 343 g/mol. The zero-order valence-electron chi connectivity index (χ0n) is 15.0. The summed E-state index contributed by atoms with van der Waals surface area (Å²) in [6.45, 7) is 5.78. The number of amides is 1. The van der Waals surface area contributed by atoms with Gasteiger partial charge in [-0.1, -0.05) is 12.1 Å². The highest BCUT2D eigenvalue weighted by Crippen LogP contribution is 2.26. The van der Waals surface area contributed by atoms with E-state index in [4.69, 9.17) is 9.47 Å². The lowest BCUT2D eigenvalue weighted by Crippen LogP contribution is -2.48. The fourth-order valence-electron chi connectivity index (χ4n) is 3.23. The van der Waals surface area contributed by atoms with Gasteiger partial charge in [-0.3, -0.25) is 9.48 Å². The summed E-state index contributed by atoms with van der Waals surface area (Å²) in [5, 5.41) is 7.49. The molecule has 2 aromatic rings. The predicted molar refractivity (Wildman–Crippen MR) is 95.7 cm³/mol. The lowest BCUT2D eigenvalue weighted by Gasteiger charge is -2.34. The van der Waals surface area contributed by atoms with Gasteiger partial charge in [0.25, 0.3) is 5.91 Å². The minimum atomic E-state index is -0.802. The first kappa shape index (κ1) is 17.6. The largest absolute Gasteiger partial charge is 0.381 e. The molecule has 0 aliphatic carbocycles. The van der Waals surface area contributed by atoms with Crippen LogP contribution in [0.2, 0.25) is 0 Å². The molecule has 3 rings (SSSR count). The van der Waals surface area contributed by atoms with Gasteiger partial charge in [0, 0.05) is 44.5 Å². The van der Waals surface area contributed by atoms with E-state index in [1.54, 1.807) is 7.11 Å². The number of ether oxygens (including phenoxy) is 2. The predicted octanol–water partition coefficient (Wildman–Crippen LogP) is 2.68. The Morgan fingerprint density at radius 2 is 2.08 bits per heavy atom. The standard InChI is InChI=1S/C19H25N3O3/c1-14-11-15(2)22(21-14)13-16-5-4-6-17(12-16)20-18(23)19(24-3)7-9-25-10-8-19/h4-6,11-12H,7-10,13H2,1-3H3,(H,20,23). The van der Waals surface area contributed by atoms with Gasteiger partial charge in [-0.25, -0.2) is 0 Å². The van der Waals surface area contributed by atoms with Crippen LogP contribution in [0.15, 0.2) is 30.3 Å². The van der Waals surface area contributed by atoms with Crippen LogP contribution in [0.25, 0.3) is 0 Å². The van der Waals surface area contributed by atoms with Gasteiger partial charge in [0.1, 0.15) is 0 Å². The van der Waals surface area contributed by atoms with Crippen LogP contribution in [0.3, 0.4) is 0 Å². The van der Waals surface area contributed by atoms with E-state index in [0.29, 0.717) is 32.6 Å². The third-order valence-electron chi connectivity index (χ3n) is 4.73. The molecule has 1 aromatic heterocycles. The Hall–Kier alpha value is -2.18. The topological polar surface area (TPSA) is 65.4 Å². The zero-order chi connectivity index (χ0) is 17.9. The molecule has 1 amide bonds. The number of aryl methyl sites for hydroxylation is 2. The molecule has 1 aliphatic heterocycles. The number of carbonyl (C=O) groups is 1. The van der Waals surface area contributed by atoms with Gasteiger partial charge in [0.05, 0.1) is 12.2 Å². The lowest BCUT2D eigenvalue weighted by molar-refractivity contribution is -0.149. The molecule has 0 saturated carbocycles. The number of rotatable bonds is 5. The summed E-state index contributed by atoms with van der Waals surface area (Å²) >= 11 is 0. The molecule has 134 valence electrons. The van der Waals surface area contributed by atoms with Crippen LogP contribution in [0.4, 0.5) is 5.69 Å². The zero-order valence-corrected chi connectivity index (χ0v) is 15.0. The van der Waals surface area contributed by atoms with E-state index in [0.717, 1.165) is 22.6 Å². The van der Waals surface area contributed by atoms with Crippen molar-refractivity contribution in [2.45, 2.75) is 38.8 Å². The summed E-state index contributed by atoms with van der Waals surface area (Å²) in [5.41, 5.74) is 3.18. The van der Waals surface area contributed by atoms with Crippen molar-refractivity contribution in [3.63, 3.8) is 0 Å². The van der Waals surface area contributed by atoms with Crippen LogP contribution in [0, 0.1) is 13.8 Å². The van der Waals surface area contributed by atoms with E-state index < -0.39 is 5.60 Å². The molecular weight excluding hydrogens is 318 g/mol. The van der Waals surface area contributed by atoms with Gasteiger partial charge in [0.2, 0.25) is 0 Å². The van der Waals surface area contributed by atoms with Gasteiger partial charge in [-0.2, -0.15) is 5.10 Å². The molecule has 1 saturated heterocycles. The molecule has 0 spiro atoms. The second-order valence-corrected chi connectivity index (χ2v) is 6.55. The first-order valence-corrected chi connectivity index (χ1v) is 8.57. The number of hydrogen-bond acceptors (Lipinski definition) is 4. The molecule has 0 unspecified atom stereocenters. The van der Waals surface area contributed by atoms with E-state index >= 15 is 0 Å². The SMILES string of the molecule is COC1(C(=O)Nc2cccc(Cn3nc(C)cc3C)c2)CCOCC1. The summed E-state index contributed by atoms with van der Waals surface area (Å²) in [6.07, 6.45) is 1.14. The van der Waals surface area contributed by atoms with Gasteiger partial charge >= 0.3 is 0 Å². The third kappa shape index (κ3) is 3.91. The molecular formula is C19H25N3O3. The first-order valence-electron chi connectivity index (χ1n) is 8.57. The Morgan fingerprint density at radius 3 is 2.72 bits per heavy atom. The average Bonchev–Trinajstić information content (AvgIpc) is 2.93. The van der Waals surface area contributed by atoms with Crippen molar-refractivity contribution in [2.24, 2.45) is 0 Å². The van der Waals surface area contributed by atoms with Gasteiger partial charge < -0.3 is 14.8 Å². The molecule has 0 radical (unpaired) electrons. The first-order chi connectivity index (χ1) is 12.0. The van der Waals surface area contributed by atoms with E-state index in [1.165, 1.54) is 0 Å². The van der Waals surface area contributed by atoms with Crippen LogP contribution in [0.5, 0.6) is 0 Å². The summed E-state index contributed by atoms with van der Waals surface area (Å²) in [6, 6.07) is 9.91. The maximum Gasteiger partial charge on any atom is 0.256 e. The Kier molecular flexibility index (Phi) is 5.20. The minimum absolute atomic E-state index is 0.110. The van der Waals surface area contributed by atoms with Crippen LogP contribution in [0.1, 0.15) is 29.8 Å². The minimum Gasteiger partial charge on any atom is -0.381 e. The molecule has 2 heterocycles. The van der Waals surface area contributed by atoms with Crippen molar-refractivity contribution in [3.05, 3.63) is 47.3 Å². The highest BCUT2D eigenvalue weighted by molar-refractivity contribution is 5.97. The Balaban J connectivity index is 1.73. The number of nitrogens with zero attached hydrogens (tertiary/aromatic N) is 2. The second kappa shape index (κ2) is 7.37.